The summed E-state index contributed by atoms with van der Waals surface area (Å²) in [6.07, 6.45) is 0.0379. The number of ether oxygens (including phenoxy) is 2. The lowest BCUT2D eigenvalue weighted by Crippen LogP contribution is -2.28. The van der Waals surface area contributed by atoms with Crippen molar-refractivity contribution in [2.75, 3.05) is 30.5 Å². The van der Waals surface area contributed by atoms with Gasteiger partial charge in [0.15, 0.2) is 6.61 Å². The van der Waals surface area contributed by atoms with Gasteiger partial charge in [0.2, 0.25) is 5.91 Å². The molecule has 1 fully saturated rings. The number of carbonyl (C=O) groups excluding carboxylic acids is 3. The third kappa shape index (κ3) is 4.49. The molecule has 0 saturated carbocycles. The fraction of sp³-hybridized carbons (Fsp3) is 0.286. The number of methoxy groups -OCH3 is 1. The highest BCUT2D eigenvalue weighted by Gasteiger charge is 2.37. The fourth-order valence-corrected chi connectivity index (χ4v) is 3.08. The van der Waals surface area contributed by atoms with Crippen LogP contribution in [0.1, 0.15) is 12.0 Å². The monoisotopic (exact) mass is 382 g/mol. The third-order valence-electron chi connectivity index (χ3n) is 4.49. The molecular formula is C21H22N2O5. The Morgan fingerprint density at radius 3 is 2.64 bits per heavy atom. The summed E-state index contributed by atoms with van der Waals surface area (Å²) in [5.41, 5.74) is 2.23. The minimum atomic E-state index is -0.623. The lowest BCUT2D eigenvalue weighted by atomic mass is 10.1. The van der Waals surface area contributed by atoms with Crippen molar-refractivity contribution in [3.63, 3.8) is 0 Å². The van der Waals surface area contributed by atoms with Crippen LogP contribution in [0, 0.1) is 12.8 Å². The molecule has 1 N–H and O–H groups in total. The lowest BCUT2D eigenvalue weighted by Gasteiger charge is -2.20. The van der Waals surface area contributed by atoms with Crippen molar-refractivity contribution >= 4 is 29.2 Å². The number of aryl methyl sites for hydroxylation is 1. The van der Waals surface area contributed by atoms with Crippen LogP contribution in [0.4, 0.5) is 11.4 Å². The minimum absolute atomic E-state index is 0.0379. The number of para-hydroxylation sites is 1. The van der Waals surface area contributed by atoms with Gasteiger partial charge in [0.25, 0.3) is 5.91 Å². The van der Waals surface area contributed by atoms with Gasteiger partial charge in [-0.25, -0.2) is 0 Å². The third-order valence-corrected chi connectivity index (χ3v) is 4.49. The number of benzene rings is 2. The summed E-state index contributed by atoms with van der Waals surface area (Å²) >= 11 is 0. The molecule has 0 radical (unpaired) electrons. The number of rotatable bonds is 6. The Morgan fingerprint density at radius 1 is 1.18 bits per heavy atom. The average molecular weight is 382 g/mol. The standard InChI is InChI=1S/C21H22N2O5/c1-14-8-9-18(27-2)17(10-14)23-12-15(11-20(23)25)21(26)28-13-19(24)22-16-6-4-3-5-7-16/h3-10,15H,11-13H2,1-2H3,(H,22,24)/t15-/m0/s1. The Balaban J connectivity index is 1.58. The molecule has 1 atom stereocenters. The number of nitrogens with one attached hydrogen (secondary N) is 1. The first-order chi connectivity index (χ1) is 13.5. The summed E-state index contributed by atoms with van der Waals surface area (Å²) in [6, 6.07) is 14.4. The van der Waals surface area contributed by atoms with Crippen molar-refractivity contribution in [1.29, 1.82) is 0 Å². The maximum absolute atomic E-state index is 12.4. The molecule has 28 heavy (non-hydrogen) atoms. The van der Waals surface area contributed by atoms with E-state index in [0.717, 1.165) is 5.56 Å². The first-order valence-electron chi connectivity index (χ1n) is 8.94. The summed E-state index contributed by atoms with van der Waals surface area (Å²) in [7, 11) is 1.53. The second kappa shape index (κ2) is 8.56. The van der Waals surface area contributed by atoms with Crippen LogP contribution >= 0.6 is 0 Å². The molecule has 0 aromatic heterocycles. The van der Waals surface area contributed by atoms with Gasteiger partial charge in [-0.2, -0.15) is 0 Å². The topological polar surface area (TPSA) is 84.9 Å². The van der Waals surface area contributed by atoms with E-state index < -0.39 is 24.4 Å². The van der Waals surface area contributed by atoms with Gasteiger partial charge in [-0.3, -0.25) is 14.4 Å². The summed E-state index contributed by atoms with van der Waals surface area (Å²) in [5.74, 6) is -1.23. The van der Waals surface area contributed by atoms with Crippen LogP contribution in [0.5, 0.6) is 5.75 Å². The van der Waals surface area contributed by atoms with E-state index in [9.17, 15) is 14.4 Å². The minimum Gasteiger partial charge on any atom is -0.495 e. The van der Waals surface area contributed by atoms with Gasteiger partial charge in [0.1, 0.15) is 5.75 Å². The van der Waals surface area contributed by atoms with Crippen LogP contribution in [0.25, 0.3) is 0 Å². The molecule has 146 valence electrons. The average Bonchev–Trinajstić information content (AvgIpc) is 3.08. The van der Waals surface area contributed by atoms with Crippen LogP contribution < -0.4 is 15.0 Å². The van der Waals surface area contributed by atoms with Crippen molar-refractivity contribution in [1.82, 2.24) is 0 Å². The van der Waals surface area contributed by atoms with E-state index >= 15 is 0 Å². The van der Waals surface area contributed by atoms with Crippen molar-refractivity contribution in [3.05, 3.63) is 54.1 Å². The first kappa shape index (κ1) is 19.4. The van der Waals surface area contributed by atoms with Gasteiger partial charge in [0.05, 0.1) is 18.7 Å². The highest BCUT2D eigenvalue weighted by molar-refractivity contribution is 6.01. The normalized spacial score (nSPS) is 16.0. The molecule has 2 aromatic carbocycles. The van der Waals surface area contributed by atoms with Crippen LogP contribution in [-0.2, 0) is 19.1 Å². The van der Waals surface area contributed by atoms with E-state index in [1.807, 2.05) is 25.1 Å². The maximum atomic E-state index is 12.4. The second-order valence-electron chi connectivity index (χ2n) is 6.60. The zero-order chi connectivity index (χ0) is 20.1. The number of hydrogen-bond donors (Lipinski definition) is 1. The molecule has 0 aliphatic carbocycles. The molecule has 7 heteroatoms. The van der Waals surface area contributed by atoms with Gasteiger partial charge in [-0.05, 0) is 36.8 Å². The molecular weight excluding hydrogens is 360 g/mol. The van der Waals surface area contributed by atoms with Gasteiger partial charge < -0.3 is 19.7 Å². The van der Waals surface area contributed by atoms with Crippen LogP contribution in [0.15, 0.2) is 48.5 Å². The Kier molecular flexibility index (Phi) is 5.93. The maximum Gasteiger partial charge on any atom is 0.311 e. The molecule has 1 heterocycles. The zero-order valence-corrected chi connectivity index (χ0v) is 15.8. The van der Waals surface area contributed by atoms with Gasteiger partial charge in [-0.15, -0.1) is 0 Å². The highest BCUT2D eigenvalue weighted by Crippen LogP contribution is 2.34. The number of anilines is 2. The van der Waals surface area contributed by atoms with Crippen LogP contribution in [-0.4, -0.2) is 38.0 Å². The largest absolute Gasteiger partial charge is 0.495 e. The van der Waals surface area contributed by atoms with Crippen molar-refractivity contribution < 1.29 is 23.9 Å². The molecule has 0 spiro atoms. The quantitative estimate of drug-likeness (QED) is 0.776. The number of esters is 1. The van der Waals surface area contributed by atoms with Gasteiger partial charge in [0, 0.05) is 18.7 Å². The number of hydrogen-bond acceptors (Lipinski definition) is 5. The predicted molar refractivity (Wildman–Crippen MR) is 104 cm³/mol. The van der Waals surface area contributed by atoms with E-state index in [1.165, 1.54) is 12.0 Å². The molecule has 0 unspecified atom stereocenters. The Morgan fingerprint density at radius 2 is 1.93 bits per heavy atom. The summed E-state index contributed by atoms with van der Waals surface area (Å²) in [6.45, 7) is 1.71. The van der Waals surface area contributed by atoms with Crippen molar-refractivity contribution in [3.8, 4) is 5.75 Å². The molecule has 2 aromatic rings. The smallest absolute Gasteiger partial charge is 0.311 e. The number of carbonyl (C=O) groups is 3. The molecule has 1 saturated heterocycles. The van der Waals surface area contributed by atoms with E-state index in [1.54, 1.807) is 30.3 Å². The van der Waals surface area contributed by atoms with Gasteiger partial charge in [-0.1, -0.05) is 24.3 Å². The van der Waals surface area contributed by atoms with Crippen LogP contribution in [0.3, 0.4) is 0 Å². The number of nitrogens with zero attached hydrogens (tertiary/aromatic N) is 1. The van der Waals surface area contributed by atoms with Crippen molar-refractivity contribution in [2.45, 2.75) is 13.3 Å². The summed E-state index contributed by atoms with van der Waals surface area (Å²) < 4.78 is 10.4. The van der Waals surface area contributed by atoms with E-state index in [2.05, 4.69) is 5.32 Å². The molecule has 2 amide bonds. The van der Waals surface area contributed by atoms with Crippen LogP contribution in [0.2, 0.25) is 0 Å². The van der Waals surface area contributed by atoms with E-state index in [-0.39, 0.29) is 18.9 Å². The Labute approximate surface area is 163 Å². The Bertz CT molecular complexity index is 882. The molecule has 1 aliphatic rings. The fourth-order valence-electron chi connectivity index (χ4n) is 3.08. The predicted octanol–water partition coefficient (Wildman–Crippen LogP) is 2.54. The molecule has 0 bridgehead atoms. The molecule has 7 nitrogen and oxygen atoms in total. The Hall–Kier alpha value is -3.35. The SMILES string of the molecule is COc1ccc(C)cc1N1C[C@@H](C(=O)OCC(=O)Nc2ccccc2)CC1=O. The lowest BCUT2D eigenvalue weighted by molar-refractivity contribution is -0.151. The van der Waals surface area contributed by atoms with Crippen molar-refractivity contribution in [2.24, 2.45) is 5.92 Å². The molecule has 3 rings (SSSR count). The highest BCUT2D eigenvalue weighted by atomic mass is 16.5. The van der Waals surface area contributed by atoms with Gasteiger partial charge >= 0.3 is 5.97 Å². The first-order valence-corrected chi connectivity index (χ1v) is 8.94. The number of amides is 2. The van der Waals surface area contributed by atoms with E-state index in [4.69, 9.17) is 9.47 Å². The summed E-state index contributed by atoms with van der Waals surface area (Å²) in [5, 5.41) is 2.64. The molecule has 1 aliphatic heterocycles. The van der Waals surface area contributed by atoms with E-state index in [0.29, 0.717) is 17.1 Å². The summed E-state index contributed by atoms with van der Waals surface area (Å²) in [4.78, 5) is 38.2. The second-order valence-corrected chi connectivity index (χ2v) is 6.60. The zero-order valence-electron chi connectivity index (χ0n) is 15.8.